The van der Waals surface area contributed by atoms with Gasteiger partial charge in [0.05, 0.1) is 35.8 Å². The summed E-state index contributed by atoms with van der Waals surface area (Å²) in [5, 5.41) is 2.03. The van der Waals surface area contributed by atoms with Gasteiger partial charge in [0.2, 0.25) is 0 Å². The van der Waals surface area contributed by atoms with Crippen LogP contribution in [0.5, 0.6) is 0 Å². The molecule has 0 unspecified atom stereocenters. The van der Waals surface area contributed by atoms with Crippen molar-refractivity contribution in [1.82, 2.24) is 15.0 Å². The van der Waals surface area contributed by atoms with Crippen molar-refractivity contribution in [2.75, 3.05) is 11.9 Å². The zero-order valence-corrected chi connectivity index (χ0v) is 9.81. The molecule has 6 heteroatoms. The van der Waals surface area contributed by atoms with Gasteiger partial charge in [0, 0.05) is 19.0 Å². The van der Waals surface area contributed by atoms with Crippen LogP contribution in [0.3, 0.4) is 0 Å². The highest BCUT2D eigenvalue weighted by atomic mass is 32.1. The van der Waals surface area contributed by atoms with E-state index in [-0.39, 0.29) is 0 Å². The summed E-state index contributed by atoms with van der Waals surface area (Å²) in [6.07, 6.45) is 3.43. The fraction of sp³-hybridized carbons (Fsp3) is 0.300. The molecular weight excluding hydrogens is 222 g/mol. The zero-order valence-electron chi connectivity index (χ0n) is 9.00. The van der Waals surface area contributed by atoms with Crippen LogP contribution in [-0.2, 0) is 13.1 Å². The first-order valence-corrected chi connectivity index (χ1v) is 5.83. The first kappa shape index (κ1) is 11.0. The van der Waals surface area contributed by atoms with E-state index in [2.05, 4.69) is 15.0 Å². The molecule has 0 aliphatic rings. The molecule has 0 spiro atoms. The minimum atomic E-state index is 0.420. The number of hydrogen-bond donors (Lipinski definition) is 1. The summed E-state index contributed by atoms with van der Waals surface area (Å²) < 4.78 is 0. The number of hydrogen-bond acceptors (Lipinski definition) is 6. The van der Waals surface area contributed by atoms with Gasteiger partial charge < -0.3 is 10.6 Å². The van der Waals surface area contributed by atoms with E-state index in [9.17, 15) is 0 Å². The second-order valence-electron chi connectivity index (χ2n) is 3.41. The first-order valence-electron chi connectivity index (χ1n) is 4.89. The van der Waals surface area contributed by atoms with Crippen molar-refractivity contribution in [3.05, 3.63) is 34.7 Å². The summed E-state index contributed by atoms with van der Waals surface area (Å²) >= 11 is 1.59. The normalized spacial score (nSPS) is 10.4. The predicted molar refractivity (Wildman–Crippen MR) is 64.1 cm³/mol. The Balaban J connectivity index is 2.05. The largest absolute Gasteiger partial charge is 0.352 e. The van der Waals surface area contributed by atoms with Gasteiger partial charge in [-0.25, -0.2) is 9.97 Å². The molecule has 0 aliphatic carbocycles. The summed E-state index contributed by atoms with van der Waals surface area (Å²) in [4.78, 5) is 14.7. The maximum Gasteiger partial charge on any atom is 0.147 e. The molecule has 0 aliphatic heterocycles. The Hall–Kier alpha value is -1.53. The topological polar surface area (TPSA) is 67.9 Å². The van der Waals surface area contributed by atoms with Crippen LogP contribution in [0.15, 0.2) is 23.3 Å². The van der Waals surface area contributed by atoms with Crippen molar-refractivity contribution < 1.29 is 0 Å². The Morgan fingerprint density at radius 3 is 2.69 bits per heavy atom. The Morgan fingerprint density at radius 2 is 2.12 bits per heavy atom. The van der Waals surface area contributed by atoms with E-state index in [4.69, 9.17) is 5.73 Å². The third-order valence-corrected chi connectivity index (χ3v) is 2.81. The SMILES string of the molecule is CN(Cc1cscn1)c1cnc(CN)cn1. The van der Waals surface area contributed by atoms with Gasteiger partial charge in [-0.2, -0.15) is 0 Å². The fourth-order valence-corrected chi connectivity index (χ4v) is 1.84. The minimum absolute atomic E-state index is 0.420. The van der Waals surface area contributed by atoms with Crippen molar-refractivity contribution in [2.24, 2.45) is 5.73 Å². The van der Waals surface area contributed by atoms with Gasteiger partial charge in [-0.1, -0.05) is 0 Å². The third-order valence-electron chi connectivity index (χ3n) is 2.17. The van der Waals surface area contributed by atoms with E-state index in [0.29, 0.717) is 6.54 Å². The summed E-state index contributed by atoms with van der Waals surface area (Å²) in [5.74, 6) is 0.824. The van der Waals surface area contributed by atoms with E-state index >= 15 is 0 Å². The van der Waals surface area contributed by atoms with Crippen LogP contribution >= 0.6 is 11.3 Å². The van der Waals surface area contributed by atoms with E-state index in [1.54, 1.807) is 23.7 Å². The standard InChI is InChI=1S/C10H13N5S/c1-15(5-9-6-16-7-14-9)10-4-12-8(2-11)3-13-10/h3-4,6-7H,2,5,11H2,1H3. The van der Waals surface area contributed by atoms with Gasteiger partial charge in [0.25, 0.3) is 0 Å². The van der Waals surface area contributed by atoms with Crippen molar-refractivity contribution in [2.45, 2.75) is 13.1 Å². The lowest BCUT2D eigenvalue weighted by atomic mass is 10.4. The molecule has 2 rings (SSSR count). The number of nitrogens with zero attached hydrogens (tertiary/aromatic N) is 4. The third kappa shape index (κ3) is 2.53. The number of rotatable bonds is 4. The monoisotopic (exact) mass is 235 g/mol. The van der Waals surface area contributed by atoms with E-state index in [1.165, 1.54) is 0 Å². The van der Waals surface area contributed by atoms with Gasteiger partial charge in [-0.05, 0) is 0 Å². The number of thiazole rings is 1. The summed E-state index contributed by atoms with van der Waals surface area (Å²) in [7, 11) is 1.96. The molecule has 0 radical (unpaired) electrons. The first-order chi connectivity index (χ1) is 7.79. The summed E-state index contributed by atoms with van der Waals surface area (Å²) in [5.41, 5.74) is 9.12. The molecule has 2 heterocycles. The molecule has 0 bridgehead atoms. The molecule has 0 saturated heterocycles. The maximum atomic E-state index is 5.46. The van der Waals surface area contributed by atoms with Crippen molar-refractivity contribution in [1.29, 1.82) is 0 Å². The van der Waals surface area contributed by atoms with Crippen LogP contribution in [0.25, 0.3) is 0 Å². The quantitative estimate of drug-likeness (QED) is 0.857. The summed E-state index contributed by atoms with van der Waals surface area (Å²) in [6.45, 7) is 1.16. The minimum Gasteiger partial charge on any atom is -0.352 e. The molecule has 84 valence electrons. The molecule has 0 aromatic carbocycles. The van der Waals surface area contributed by atoms with Crippen molar-refractivity contribution >= 4 is 17.2 Å². The van der Waals surface area contributed by atoms with E-state index in [0.717, 1.165) is 23.8 Å². The smallest absolute Gasteiger partial charge is 0.147 e. The van der Waals surface area contributed by atoms with Gasteiger partial charge >= 0.3 is 0 Å². The molecule has 0 amide bonds. The Morgan fingerprint density at radius 1 is 1.25 bits per heavy atom. The van der Waals surface area contributed by atoms with Crippen LogP contribution in [0.4, 0.5) is 5.82 Å². The van der Waals surface area contributed by atoms with Gasteiger partial charge in [0.15, 0.2) is 0 Å². The van der Waals surface area contributed by atoms with Crippen LogP contribution in [0.1, 0.15) is 11.4 Å². The summed E-state index contributed by atoms with van der Waals surface area (Å²) in [6, 6.07) is 0. The zero-order chi connectivity index (χ0) is 11.4. The lowest BCUT2D eigenvalue weighted by molar-refractivity contribution is 0.856. The van der Waals surface area contributed by atoms with Gasteiger partial charge in [-0.3, -0.25) is 4.98 Å². The molecular formula is C10H13N5S. The van der Waals surface area contributed by atoms with Crippen LogP contribution in [0.2, 0.25) is 0 Å². The predicted octanol–water partition coefficient (Wildman–Crippen LogP) is 1.03. The lowest BCUT2D eigenvalue weighted by Crippen LogP contribution is -2.18. The molecule has 0 atom stereocenters. The molecule has 16 heavy (non-hydrogen) atoms. The Kier molecular flexibility index (Phi) is 3.43. The average Bonchev–Trinajstić information content (AvgIpc) is 2.82. The van der Waals surface area contributed by atoms with E-state index in [1.807, 2.05) is 22.8 Å². The number of anilines is 1. The molecule has 2 aromatic rings. The van der Waals surface area contributed by atoms with Crippen LogP contribution in [-0.4, -0.2) is 22.0 Å². The highest BCUT2D eigenvalue weighted by Crippen LogP contribution is 2.11. The second-order valence-corrected chi connectivity index (χ2v) is 4.12. The lowest BCUT2D eigenvalue weighted by Gasteiger charge is -2.16. The Bertz CT molecular complexity index is 425. The Labute approximate surface area is 98.0 Å². The second kappa shape index (κ2) is 5.00. The van der Waals surface area contributed by atoms with Crippen molar-refractivity contribution in [3.8, 4) is 0 Å². The van der Waals surface area contributed by atoms with E-state index < -0.39 is 0 Å². The molecule has 2 aromatic heterocycles. The van der Waals surface area contributed by atoms with Crippen LogP contribution < -0.4 is 10.6 Å². The van der Waals surface area contributed by atoms with Gasteiger partial charge in [-0.15, -0.1) is 11.3 Å². The fourth-order valence-electron chi connectivity index (χ4n) is 1.29. The number of nitrogens with two attached hydrogens (primary N) is 1. The van der Waals surface area contributed by atoms with Gasteiger partial charge in [0.1, 0.15) is 5.82 Å². The van der Waals surface area contributed by atoms with Crippen LogP contribution in [0, 0.1) is 0 Å². The maximum absolute atomic E-state index is 5.46. The molecule has 0 saturated carbocycles. The molecule has 5 nitrogen and oxygen atoms in total. The number of aromatic nitrogens is 3. The molecule has 0 fully saturated rings. The highest BCUT2D eigenvalue weighted by Gasteiger charge is 2.05. The highest BCUT2D eigenvalue weighted by molar-refractivity contribution is 7.07. The molecule has 2 N–H and O–H groups in total. The average molecular weight is 235 g/mol. The van der Waals surface area contributed by atoms with Crippen molar-refractivity contribution in [3.63, 3.8) is 0 Å².